The van der Waals surface area contributed by atoms with Crippen molar-refractivity contribution in [2.45, 2.75) is 18.9 Å². The summed E-state index contributed by atoms with van der Waals surface area (Å²) in [6, 6.07) is 6.41. The quantitative estimate of drug-likeness (QED) is 0.802. The molecule has 1 fully saturated rings. The molecular formula is C11H14N4O. The van der Waals surface area contributed by atoms with E-state index in [4.69, 9.17) is 4.74 Å². The first kappa shape index (κ1) is 9.59. The van der Waals surface area contributed by atoms with Gasteiger partial charge in [-0.2, -0.15) is 15.4 Å². The molecule has 84 valence electrons. The number of aromatic amines is 1. The predicted molar refractivity (Wildman–Crippen MR) is 61.4 cm³/mol. The standard InChI is InChI=1S/C11H14N4O/c1-2-9(7-16-5-1)12-8-3-4-10-11(6-8)14-15-13-10/h3-4,6,9,12H,1-2,5,7H2,(H,13,14,15). The zero-order valence-electron chi connectivity index (χ0n) is 8.94. The van der Waals surface area contributed by atoms with Crippen molar-refractivity contribution in [1.82, 2.24) is 15.4 Å². The van der Waals surface area contributed by atoms with Crippen molar-refractivity contribution in [3.05, 3.63) is 18.2 Å². The lowest BCUT2D eigenvalue weighted by molar-refractivity contribution is 0.0876. The van der Waals surface area contributed by atoms with Crippen LogP contribution in [0.2, 0.25) is 0 Å². The number of ether oxygens (including phenoxy) is 1. The third kappa shape index (κ3) is 1.86. The summed E-state index contributed by atoms with van der Waals surface area (Å²) < 4.78 is 5.43. The molecule has 1 aromatic carbocycles. The van der Waals surface area contributed by atoms with Crippen molar-refractivity contribution in [2.24, 2.45) is 0 Å². The molecule has 16 heavy (non-hydrogen) atoms. The first-order valence-electron chi connectivity index (χ1n) is 5.56. The predicted octanol–water partition coefficient (Wildman–Crippen LogP) is 1.55. The third-order valence-corrected chi connectivity index (χ3v) is 2.85. The molecule has 0 spiro atoms. The van der Waals surface area contributed by atoms with Crippen molar-refractivity contribution >= 4 is 16.7 Å². The fourth-order valence-electron chi connectivity index (χ4n) is 2.02. The van der Waals surface area contributed by atoms with Gasteiger partial charge in [0.05, 0.1) is 6.61 Å². The smallest absolute Gasteiger partial charge is 0.115 e. The van der Waals surface area contributed by atoms with E-state index in [1.54, 1.807) is 0 Å². The summed E-state index contributed by atoms with van der Waals surface area (Å²) in [5.41, 5.74) is 2.86. The molecule has 5 nitrogen and oxygen atoms in total. The molecule has 2 heterocycles. The molecule has 1 saturated heterocycles. The van der Waals surface area contributed by atoms with Crippen LogP contribution in [0, 0.1) is 0 Å². The minimum Gasteiger partial charge on any atom is -0.380 e. The van der Waals surface area contributed by atoms with Gasteiger partial charge in [0.1, 0.15) is 11.0 Å². The Morgan fingerprint density at radius 1 is 1.31 bits per heavy atom. The number of aromatic nitrogens is 3. The molecule has 0 aliphatic carbocycles. The number of nitrogens with one attached hydrogen (secondary N) is 2. The normalized spacial score (nSPS) is 21.1. The fraction of sp³-hybridized carbons (Fsp3) is 0.455. The highest BCUT2D eigenvalue weighted by atomic mass is 16.5. The molecule has 3 rings (SSSR count). The van der Waals surface area contributed by atoms with Gasteiger partial charge in [-0.05, 0) is 31.0 Å². The SMILES string of the molecule is c1cc2n[nH]nc2cc1NC1CCCOC1. The average molecular weight is 218 g/mol. The maximum Gasteiger partial charge on any atom is 0.115 e. The Bertz CT molecular complexity index is 476. The Kier molecular flexibility index (Phi) is 2.46. The number of rotatable bonds is 2. The molecule has 1 aliphatic rings. The molecular weight excluding hydrogens is 204 g/mol. The lowest BCUT2D eigenvalue weighted by Gasteiger charge is -2.24. The highest BCUT2D eigenvalue weighted by Crippen LogP contribution is 2.18. The lowest BCUT2D eigenvalue weighted by Crippen LogP contribution is -2.29. The second-order valence-electron chi connectivity index (χ2n) is 4.09. The van der Waals surface area contributed by atoms with Crippen molar-refractivity contribution in [1.29, 1.82) is 0 Å². The maximum absolute atomic E-state index is 5.43. The van der Waals surface area contributed by atoms with E-state index in [2.05, 4.69) is 20.7 Å². The van der Waals surface area contributed by atoms with Crippen LogP contribution < -0.4 is 5.32 Å². The van der Waals surface area contributed by atoms with Gasteiger partial charge in [0.25, 0.3) is 0 Å². The van der Waals surface area contributed by atoms with Gasteiger partial charge in [-0.3, -0.25) is 0 Å². The monoisotopic (exact) mass is 218 g/mol. The lowest BCUT2D eigenvalue weighted by atomic mass is 10.1. The summed E-state index contributed by atoms with van der Waals surface area (Å²) in [7, 11) is 0. The number of fused-ring (bicyclic) bond motifs is 1. The van der Waals surface area contributed by atoms with Crippen LogP contribution in [0.5, 0.6) is 0 Å². The van der Waals surface area contributed by atoms with Crippen LogP contribution in [0.4, 0.5) is 5.69 Å². The van der Waals surface area contributed by atoms with Gasteiger partial charge in [0.15, 0.2) is 0 Å². The van der Waals surface area contributed by atoms with Gasteiger partial charge in [0.2, 0.25) is 0 Å². The highest BCUT2D eigenvalue weighted by molar-refractivity contribution is 5.77. The zero-order valence-corrected chi connectivity index (χ0v) is 8.94. The van der Waals surface area contributed by atoms with Crippen LogP contribution in [0.15, 0.2) is 18.2 Å². The number of nitrogens with zero attached hydrogens (tertiary/aromatic N) is 2. The van der Waals surface area contributed by atoms with E-state index in [0.717, 1.165) is 42.8 Å². The molecule has 0 saturated carbocycles. The fourth-order valence-corrected chi connectivity index (χ4v) is 2.02. The minimum atomic E-state index is 0.415. The first-order valence-corrected chi connectivity index (χ1v) is 5.56. The molecule has 1 unspecified atom stereocenters. The topological polar surface area (TPSA) is 62.8 Å². The van der Waals surface area contributed by atoms with E-state index in [-0.39, 0.29) is 0 Å². The molecule has 0 amide bonds. The van der Waals surface area contributed by atoms with E-state index in [1.165, 1.54) is 0 Å². The van der Waals surface area contributed by atoms with Crippen molar-refractivity contribution in [3.63, 3.8) is 0 Å². The van der Waals surface area contributed by atoms with E-state index < -0.39 is 0 Å². The number of benzene rings is 1. The van der Waals surface area contributed by atoms with Crippen LogP contribution in [0.25, 0.3) is 11.0 Å². The Morgan fingerprint density at radius 2 is 2.25 bits per heavy atom. The van der Waals surface area contributed by atoms with Crippen molar-refractivity contribution in [2.75, 3.05) is 18.5 Å². The Hall–Kier alpha value is -1.62. The van der Waals surface area contributed by atoms with E-state index >= 15 is 0 Å². The number of H-pyrrole nitrogens is 1. The van der Waals surface area contributed by atoms with Gasteiger partial charge >= 0.3 is 0 Å². The van der Waals surface area contributed by atoms with Crippen LogP contribution >= 0.6 is 0 Å². The molecule has 1 aromatic heterocycles. The largest absolute Gasteiger partial charge is 0.380 e. The number of anilines is 1. The second-order valence-corrected chi connectivity index (χ2v) is 4.09. The van der Waals surface area contributed by atoms with Crippen LogP contribution in [-0.4, -0.2) is 34.7 Å². The summed E-state index contributed by atoms with van der Waals surface area (Å²) >= 11 is 0. The Labute approximate surface area is 93.2 Å². The minimum absolute atomic E-state index is 0.415. The Balaban J connectivity index is 1.77. The van der Waals surface area contributed by atoms with Crippen molar-refractivity contribution < 1.29 is 4.74 Å². The van der Waals surface area contributed by atoms with Crippen LogP contribution in [-0.2, 0) is 4.74 Å². The second kappa shape index (κ2) is 4.09. The van der Waals surface area contributed by atoms with Crippen LogP contribution in [0.3, 0.4) is 0 Å². The molecule has 5 heteroatoms. The average Bonchev–Trinajstić information content (AvgIpc) is 2.77. The highest BCUT2D eigenvalue weighted by Gasteiger charge is 2.13. The van der Waals surface area contributed by atoms with Crippen molar-refractivity contribution in [3.8, 4) is 0 Å². The van der Waals surface area contributed by atoms with Gasteiger partial charge in [0, 0.05) is 18.3 Å². The van der Waals surface area contributed by atoms with Crippen LogP contribution in [0.1, 0.15) is 12.8 Å². The number of hydrogen-bond acceptors (Lipinski definition) is 4. The molecule has 2 N–H and O–H groups in total. The molecule has 0 radical (unpaired) electrons. The van der Waals surface area contributed by atoms with Gasteiger partial charge in [-0.1, -0.05) is 0 Å². The zero-order chi connectivity index (χ0) is 10.8. The summed E-state index contributed by atoms with van der Waals surface area (Å²) in [5.74, 6) is 0. The van der Waals surface area contributed by atoms with Gasteiger partial charge < -0.3 is 10.1 Å². The summed E-state index contributed by atoms with van der Waals surface area (Å²) in [6.07, 6.45) is 2.29. The van der Waals surface area contributed by atoms with E-state index in [9.17, 15) is 0 Å². The molecule has 1 atom stereocenters. The summed E-state index contributed by atoms with van der Waals surface area (Å²) in [5, 5.41) is 14.2. The first-order chi connectivity index (χ1) is 7.92. The maximum atomic E-state index is 5.43. The molecule has 1 aliphatic heterocycles. The van der Waals surface area contributed by atoms with Gasteiger partial charge in [-0.25, -0.2) is 0 Å². The summed E-state index contributed by atoms with van der Waals surface area (Å²) in [4.78, 5) is 0. The molecule has 2 aromatic rings. The molecule has 0 bridgehead atoms. The van der Waals surface area contributed by atoms with E-state index in [0.29, 0.717) is 6.04 Å². The number of hydrogen-bond donors (Lipinski definition) is 2. The third-order valence-electron chi connectivity index (χ3n) is 2.85. The van der Waals surface area contributed by atoms with Gasteiger partial charge in [-0.15, -0.1) is 0 Å². The summed E-state index contributed by atoms with van der Waals surface area (Å²) in [6.45, 7) is 1.68. The van der Waals surface area contributed by atoms with E-state index in [1.807, 2.05) is 18.2 Å². The Morgan fingerprint density at radius 3 is 3.12 bits per heavy atom.